The van der Waals surface area contributed by atoms with Gasteiger partial charge >= 0.3 is 0 Å². The van der Waals surface area contributed by atoms with Crippen molar-refractivity contribution in [3.8, 4) is 17.2 Å². The standard InChI is InChI=1S/C21H24N4O2/c1-3-26-19-12-8-7-11-17(19)13-23-21(22-2)24-14-18-15-27-20(25-18)16-9-5-4-6-10-16/h4-12,15H,3,13-14H2,1-2H3,(H2,22,23,24). The smallest absolute Gasteiger partial charge is 0.226 e. The molecule has 0 aliphatic rings. The molecule has 140 valence electrons. The van der Waals surface area contributed by atoms with Crippen LogP contribution in [0, 0.1) is 0 Å². The average molecular weight is 364 g/mol. The summed E-state index contributed by atoms with van der Waals surface area (Å²) in [6.45, 7) is 3.75. The highest BCUT2D eigenvalue weighted by atomic mass is 16.5. The topological polar surface area (TPSA) is 71.7 Å². The number of nitrogens with zero attached hydrogens (tertiary/aromatic N) is 2. The molecule has 0 atom stereocenters. The minimum Gasteiger partial charge on any atom is -0.494 e. The fraction of sp³-hybridized carbons (Fsp3) is 0.238. The molecule has 0 aliphatic carbocycles. The molecule has 0 fully saturated rings. The van der Waals surface area contributed by atoms with Crippen LogP contribution < -0.4 is 15.4 Å². The van der Waals surface area contributed by atoms with Crippen LogP contribution >= 0.6 is 0 Å². The Bertz CT molecular complexity index is 875. The van der Waals surface area contributed by atoms with Crippen molar-refractivity contribution in [3.63, 3.8) is 0 Å². The summed E-state index contributed by atoms with van der Waals surface area (Å²) >= 11 is 0. The van der Waals surface area contributed by atoms with E-state index in [1.54, 1.807) is 13.3 Å². The monoisotopic (exact) mass is 364 g/mol. The Hall–Kier alpha value is -3.28. The zero-order valence-corrected chi connectivity index (χ0v) is 15.6. The Morgan fingerprint density at radius 3 is 2.56 bits per heavy atom. The number of guanidine groups is 1. The first-order valence-corrected chi connectivity index (χ1v) is 8.95. The second-order valence-corrected chi connectivity index (χ2v) is 5.83. The van der Waals surface area contributed by atoms with Crippen LogP contribution in [-0.4, -0.2) is 24.6 Å². The van der Waals surface area contributed by atoms with Crippen LogP contribution in [0.4, 0.5) is 0 Å². The van der Waals surface area contributed by atoms with Crippen molar-refractivity contribution in [2.45, 2.75) is 20.0 Å². The van der Waals surface area contributed by atoms with Crippen LogP contribution in [0.15, 0.2) is 70.3 Å². The summed E-state index contributed by atoms with van der Waals surface area (Å²) in [6, 6.07) is 17.8. The van der Waals surface area contributed by atoms with Crippen molar-refractivity contribution >= 4 is 5.96 Å². The van der Waals surface area contributed by atoms with Gasteiger partial charge in [-0.25, -0.2) is 4.98 Å². The molecule has 0 aliphatic heterocycles. The van der Waals surface area contributed by atoms with Crippen molar-refractivity contribution in [2.75, 3.05) is 13.7 Å². The highest BCUT2D eigenvalue weighted by Crippen LogP contribution is 2.18. The summed E-state index contributed by atoms with van der Waals surface area (Å²) in [6.07, 6.45) is 1.66. The number of aromatic nitrogens is 1. The SMILES string of the molecule is CCOc1ccccc1CNC(=NC)NCc1coc(-c2ccccc2)n1. The third kappa shape index (κ3) is 5.10. The van der Waals surface area contributed by atoms with Crippen LogP contribution in [0.1, 0.15) is 18.2 Å². The molecule has 6 nitrogen and oxygen atoms in total. The molecule has 3 rings (SSSR count). The fourth-order valence-electron chi connectivity index (χ4n) is 2.62. The van der Waals surface area contributed by atoms with Crippen LogP contribution in [0.5, 0.6) is 5.75 Å². The molecule has 2 aromatic carbocycles. The van der Waals surface area contributed by atoms with E-state index in [0.29, 0.717) is 31.5 Å². The van der Waals surface area contributed by atoms with Gasteiger partial charge in [0.2, 0.25) is 5.89 Å². The Morgan fingerprint density at radius 2 is 1.78 bits per heavy atom. The quantitative estimate of drug-likeness (QED) is 0.495. The van der Waals surface area contributed by atoms with Gasteiger partial charge in [0.05, 0.1) is 18.8 Å². The van der Waals surface area contributed by atoms with Gasteiger partial charge in [-0.3, -0.25) is 4.99 Å². The van der Waals surface area contributed by atoms with E-state index in [1.165, 1.54) is 0 Å². The number of hydrogen-bond donors (Lipinski definition) is 2. The van der Waals surface area contributed by atoms with Crippen molar-refractivity contribution in [1.82, 2.24) is 15.6 Å². The first kappa shape index (κ1) is 18.5. The van der Waals surface area contributed by atoms with Gasteiger partial charge in [0, 0.05) is 24.7 Å². The van der Waals surface area contributed by atoms with Crippen LogP contribution in [0.25, 0.3) is 11.5 Å². The lowest BCUT2D eigenvalue weighted by molar-refractivity contribution is 0.336. The molecule has 27 heavy (non-hydrogen) atoms. The number of oxazole rings is 1. The van der Waals surface area contributed by atoms with Gasteiger partial charge < -0.3 is 19.8 Å². The fourth-order valence-corrected chi connectivity index (χ4v) is 2.62. The average Bonchev–Trinajstić information content (AvgIpc) is 3.19. The molecule has 0 unspecified atom stereocenters. The summed E-state index contributed by atoms with van der Waals surface area (Å²) in [5, 5.41) is 6.54. The van der Waals surface area contributed by atoms with E-state index < -0.39 is 0 Å². The lowest BCUT2D eigenvalue weighted by Gasteiger charge is -2.13. The van der Waals surface area contributed by atoms with E-state index in [4.69, 9.17) is 9.15 Å². The van der Waals surface area contributed by atoms with Crippen molar-refractivity contribution in [1.29, 1.82) is 0 Å². The van der Waals surface area contributed by atoms with Gasteiger partial charge in [-0.15, -0.1) is 0 Å². The van der Waals surface area contributed by atoms with Gasteiger partial charge in [0.1, 0.15) is 12.0 Å². The molecule has 0 radical (unpaired) electrons. The molecule has 6 heteroatoms. The molecule has 0 amide bonds. The van der Waals surface area contributed by atoms with E-state index in [1.807, 2.05) is 61.5 Å². The van der Waals surface area contributed by atoms with E-state index in [2.05, 4.69) is 20.6 Å². The zero-order chi connectivity index (χ0) is 18.9. The summed E-state index contributed by atoms with van der Waals surface area (Å²) in [5.41, 5.74) is 2.85. The molecule has 0 bridgehead atoms. The number of aliphatic imine (C=N–C) groups is 1. The number of benzene rings is 2. The second kappa shape index (κ2) is 9.43. The number of nitrogens with one attached hydrogen (secondary N) is 2. The number of para-hydroxylation sites is 1. The zero-order valence-electron chi connectivity index (χ0n) is 15.6. The first-order valence-electron chi connectivity index (χ1n) is 8.95. The minimum atomic E-state index is 0.517. The summed E-state index contributed by atoms with van der Waals surface area (Å²) in [7, 11) is 1.74. The Morgan fingerprint density at radius 1 is 1.04 bits per heavy atom. The normalized spacial score (nSPS) is 11.3. The van der Waals surface area contributed by atoms with Gasteiger partial charge in [-0.2, -0.15) is 0 Å². The molecule has 3 aromatic rings. The van der Waals surface area contributed by atoms with Crippen molar-refractivity contribution < 1.29 is 9.15 Å². The number of hydrogen-bond acceptors (Lipinski definition) is 4. The molecular weight excluding hydrogens is 340 g/mol. The van der Waals surface area contributed by atoms with Gasteiger partial charge in [0.15, 0.2) is 5.96 Å². The summed E-state index contributed by atoms with van der Waals surface area (Å²) in [5.74, 6) is 2.18. The predicted molar refractivity (Wildman–Crippen MR) is 107 cm³/mol. The Balaban J connectivity index is 1.55. The third-order valence-corrected chi connectivity index (χ3v) is 3.95. The molecule has 0 saturated heterocycles. The number of rotatable bonds is 7. The second-order valence-electron chi connectivity index (χ2n) is 5.83. The maximum atomic E-state index is 5.65. The van der Waals surface area contributed by atoms with Crippen LogP contribution in [0.2, 0.25) is 0 Å². The van der Waals surface area contributed by atoms with E-state index in [9.17, 15) is 0 Å². The molecule has 0 saturated carbocycles. The molecule has 1 heterocycles. The van der Waals surface area contributed by atoms with Gasteiger partial charge in [-0.1, -0.05) is 36.4 Å². The van der Waals surface area contributed by atoms with Gasteiger partial charge in [0.25, 0.3) is 0 Å². The van der Waals surface area contributed by atoms with E-state index >= 15 is 0 Å². The Kier molecular flexibility index (Phi) is 6.46. The molecule has 2 N–H and O–H groups in total. The van der Waals surface area contributed by atoms with Gasteiger partial charge in [-0.05, 0) is 25.1 Å². The van der Waals surface area contributed by atoms with Crippen molar-refractivity contribution in [3.05, 3.63) is 72.1 Å². The van der Waals surface area contributed by atoms with E-state index in [-0.39, 0.29) is 0 Å². The Labute approximate surface area is 159 Å². The minimum absolute atomic E-state index is 0.517. The first-order chi connectivity index (χ1) is 13.3. The maximum Gasteiger partial charge on any atom is 0.226 e. The maximum absolute atomic E-state index is 5.65. The summed E-state index contributed by atoms with van der Waals surface area (Å²) < 4.78 is 11.2. The largest absolute Gasteiger partial charge is 0.494 e. The highest BCUT2D eigenvalue weighted by molar-refractivity contribution is 5.79. The third-order valence-electron chi connectivity index (χ3n) is 3.95. The summed E-state index contributed by atoms with van der Waals surface area (Å²) in [4.78, 5) is 8.77. The van der Waals surface area contributed by atoms with Crippen LogP contribution in [0.3, 0.4) is 0 Å². The van der Waals surface area contributed by atoms with E-state index in [0.717, 1.165) is 22.6 Å². The molecular formula is C21H24N4O2. The lowest BCUT2D eigenvalue weighted by atomic mass is 10.2. The highest BCUT2D eigenvalue weighted by Gasteiger charge is 2.08. The van der Waals surface area contributed by atoms with Crippen molar-refractivity contribution in [2.24, 2.45) is 4.99 Å². The molecule has 1 aromatic heterocycles. The lowest BCUT2D eigenvalue weighted by Crippen LogP contribution is -2.36. The molecule has 0 spiro atoms. The predicted octanol–water partition coefficient (Wildman–Crippen LogP) is 3.61. The number of ether oxygens (including phenoxy) is 1. The van der Waals surface area contributed by atoms with Crippen LogP contribution in [-0.2, 0) is 13.1 Å².